The average Bonchev–Trinajstić information content (AvgIpc) is 3.38. The van der Waals surface area contributed by atoms with Crippen molar-refractivity contribution in [1.29, 1.82) is 0 Å². The van der Waals surface area contributed by atoms with Crippen LogP contribution in [0.25, 0.3) is 11.0 Å². The number of amides is 1. The molecule has 6 nitrogen and oxygen atoms in total. The van der Waals surface area contributed by atoms with E-state index >= 15 is 0 Å². The summed E-state index contributed by atoms with van der Waals surface area (Å²) in [4.78, 5) is 18.2. The zero-order chi connectivity index (χ0) is 20.7. The van der Waals surface area contributed by atoms with Crippen LogP contribution in [0.3, 0.4) is 0 Å². The smallest absolute Gasteiger partial charge is 0.220 e. The summed E-state index contributed by atoms with van der Waals surface area (Å²) in [6.07, 6.45) is 0. The summed E-state index contributed by atoms with van der Waals surface area (Å²) in [6, 6.07) is 14.4. The summed E-state index contributed by atoms with van der Waals surface area (Å²) < 4.78 is 5.46. The number of para-hydroxylation sites is 1. The molecule has 2 aliphatic heterocycles. The van der Waals surface area contributed by atoms with Crippen LogP contribution in [0.1, 0.15) is 29.0 Å². The fraction of sp³-hybridized carbons (Fsp3) is 0.391. The van der Waals surface area contributed by atoms with Crippen molar-refractivity contribution in [2.45, 2.75) is 25.4 Å². The van der Waals surface area contributed by atoms with E-state index in [2.05, 4.69) is 39.2 Å². The number of aromatic nitrogens is 1. The normalized spacial score (nSPS) is 18.1. The maximum absolute atomic E-state index is 11.7. The van der Waals surface area contributed by atoms with Gasteiger partial charge >= 0.3 is 0 Å². The molecule has 0 saturated carbocycles. The van der Waals surface area contributed by atoms with Gasteiger partial charge in [0.05, 0.1) is 10.8 Å². The molecule has 0 N–H and O–H groups in total. The van der Waals surface area contributed by atoms with Crippen molar-refractivity contribution in [3.05, 3.63) is 59.2 Å². The van der Waals surface area contributed by atoms with Crippen molar-refractivity contribution in [3.8, 4) is 0 Å². The first-order valence-electron chi connectivity index (χ1n) is 10.4. The number of piperazine rings is 1. The second-order valence-corrected chi connectivity index (χ2v) is 8.69. The number of carbonyl (C=O) groups excluding carboxylic acids is 1. The van der Waals surface area contributed by atoms with Crippen molar-refractivity contribution in [1.82, 2.24) is 15.0 Å². The van der Waals surface area contributed by atoms with Gasteiger partial charge in [0.1, 0.15) is 0 Å². The molecular formula is C23H25ClN4O2. The van der Waals surface area contributed by atoms with Gasteiger partial charge in [-0.2, -0.15) is 0 Å². The Morgan fingerprint density at radius 2 is 1.87 bits per heavy atom. The predicted molar refractivity (Wildman–Crippen MR) is 118 cm³/mol. The van der Waals surface area contributed by atoms with E-state index in [-0.39, 0.29) is 11.3 Å². The lowest BCUT2D eigenvalue weighted by Gasteiger charge is -2.35. The number of anilines is 1. The van der Waals surface area contributed by atoms with Gasteiger partial charge in [0, 0.05) is 52.7 Å². The lowest BCUT2D eigenvalue weighted by atomic mass is 10.0. The molecule has 3 aromatic rings. The van der Waals surface area contributed by atoms with Gasteiger partial charge in [-0.05, 0) is 28.8 Å². The molecule has 156 valence electrons. The predicted octanol–water partition coefficient (Wildman–Crippen LogP) is 3.79. The Balaban J connectivity index is 1.20. The Kier molecular flexibility index (Phi) is 5.13. The van der Waals surface area contributed by atoms with Crippen molar-refractivity contribution < 1.29 is 9.32 Å². The minimum absolute atomic E-state index is 0.0684. The number of fused-ring (bicyclic) bond motifs is 2. The molecular weight excluding hydrogens is 400 g/mol. The number of alkyl halides is 1. The van der Waals surface area contributed by atoms with Crippen molar-refractivity contribution >= 4 is 34.3 Å². The summed E-state index contributed by atoms with van der Waals surface area (Å²) in [5.74, 6) is 1.05. The van der Waals surface area contributed by atoms with Crippen LogP contribution in [0.15, 0.2) is 47.0 Å². The van der Waals surface area contributed by atoms with E-state index in [9.17, 15) is 4.79 Å². The Morgan fingerprint density at radius 1 is 1.10 bits per heavy atom. The molecule has 0 spiro atoms. The molecule has 3 heterocycles. The highest BCUT2D eigenvalue weighted by molar-refractivity contribution is 6.21. The number of rotatable bonds is 4. The highest BCUT2D eigenvalue weighted by Crippen LogP contribution is 2.30. The maximum atomic E-state index is 11.7. The average molecular weight is 425 g/mol. The van der Waals surface area contributed by atoms with Gasteiger partial charge in [-0.25, -0.2) is 0 Å². The minimum atomic E-state index is -0.0684. The molecule has 1 fully saturated rings. The van der Waals surface area contributed by atoms with Gasteiger partial charge in [0.15, 0.2) is 11.4 Å². The Labute approximate surface area is 181 Å². The molecule has 2 aliphatic rings. The summed E-state index contributed by atoms with van der Waals surface area (Å²) in [6.45, 7) is 7.50. The van der Waals surface area contributed by atoms with E-state index in [0.717, 1.165) is 55.1 Å². The zero-order valence-corrected chi connectivity index (χ0v) is 17.8. The van der Waals surface area contributed by atoms with Crippen LogP contribution in [0.5, 0.6) is 0 Å². The fourth-order valence-electron chi connectivity index (χ4n) is 4.41. The molecule has 7 heteroatoms. The minimum Gasteiger partial charge on any atom is -0.354 e. The molecule has 2 aromatic carbocycles. The number of benzene rings is 2. The fourth-order valence-corrected chi connectivity index (χ4v) is 4.74. The molecule has 1 saturated heterocycles. The molecule has 1 unspecified atom stereocenters. The second kappa shape index (κ2) is 7.93. The van der Waals surface area contributed by atoms with Gasteiger partial charge in [0.25, 0.3) is 0 Å². The number of halogens is 1. The van der Waals surface area contributed by atoms with E-state index in [1.54, 1.807) is 6.92 Å². The van der Waals surface area contributed by atoms with Crippen LogP contribution < -0.4 is 4.90 Å². The number of hydrogen-bond acceptors (Lipinski definition) is 5. The van der Waals surface area contributed by atoms with Gasteiger partial charge in [-0.1, -0.05) is 35.5 Å². The first kappa shape index (κ1) is 19.4. The van der Waals surface area contributed by atoms with Crippen molar-refractivity contribution in [3.63, 3.8) is 0 Å². The molecule has 0 aliphatic carbocycles. The van der Waals surface area contributed by atoms with Gasteiger partial charge < -0.3 is 14.3 Å². The van der Waals surface area contributed by atoms with Crippen LogP contribution in [0.2, 0.25) is 0 Å². The van der Waals surface area contributed by atoms with E-state index in [1.165, 1.54) is 11.1 Å². The number of hydrogen-bond donors (Lipinski definition) is 0. The van der Waals surface area contributed by atoms with Crippen LogP contribution in [0, 0.1) is 0 Å². The van der Waals surface area contributed by atoms with Gasteiger partial charge in [-0.15, -0.1) is 11.6 Å². The largest absolute Gasteiger partial charge is 0.354 e. The van der Waals surface area contributed by atoms with Crippen molar-refractivity contribution in [2.24, 2.45) is 0 Å². The Morgan fingerprint density at radius 3 is 2.67 bits per heavy atom. The summed E-state index contributed by atoms with van der Waals surface area (Å²) >= 11 is 6.79. The molecule has 0 radical (unpaired) electrons. The molecule has 5 rings (SSSR count). The summed E-state index contributed by atoms with van der Waals surface area (Å²) in [5, 5.41) is 5.28. The third-order valence-electron chi connectivity index (χ3n) is 6.21. The lowest BCUT2D eigenvalue weighted by molar-refractivity contribution is -0.129. The highest BCUT2D eigenvalue weighted by atomic mass is 35.5. The van der Waals surface area contributed by atoms with E-state index in [4.69, 9.17) is 16.1 Å². The lowest BCUT2D eigenvalue weighted by Crippen LogP contribution is -2.47. The van der Waals surface area contributed by atoms with E-state index in [0.29, 0.717) is 13.1 Å². The molecule has 1 amide bonds. The van der Waals surface area contributed by atoms with Gasteiger partial charge in [-0.3, -0.25) is 9.69 Å². The van der Waals surface area contributed by atoms with Crippen molar-refractivity contribution in [2.75, 3.05) is 37.6 Å². The van der Waals surface area contributed by atoms with E-state index < -0.39 is 0 Å². The molecule has 1 aromatic heterocycles. The monoisotopic (exact) mass is 424 g/mol. The molecule has 30 heavy (non-hydrogen) atoms. The topological polar surface area (TPSA) is 52.8 Å². The SMILES string of the molecule is CC(=O)N1Cc2ccc(C(Cl)CN3CCN(c4noc5ccccc45)CC3)cc2C1. The zero-order valence-electron chi connectivity index (χ0n) is 17.1. The second-order valence-electron chi connectivity index (χ2n) is 8.16. The third kappa shape index (κ3) is 3.66. The summed E-state index contributed by atoms with van der Waals surface area (Å²) in [7, 11) is 0. The summed E-state index contributed by atoms with van der Waals surface area (Å²) in [5.41, 5.74) is 4.41. The highest BCUT2D eigenvalue weighted by Gasteiger charge is 2.25. The number of carbonyl (C=O) groups is 1. The Hall–Kier alpha value is -2.57. The molecule has 1 atom stereocenters. The first-order valence-corrected chi connectivity index (χ1v) is 10.8. The molecule has 0 bridgehead atoms. The standard InChI is InChI=1S/C23H25ClN4O2/c1-16(29)28-13-18-7-6-17(12-19(18)14-28)21(24)15-26-8-10-27(11-9-26)23-20-4-2-3-5-22(20)30-25-23/h2-7,12,21H,8-11,13-15H2,1H3. The van der Waals surface area contributed by atoms with Crippen LogP contribution in [0.4, 0.5) is 5.82 Å². The number of nitrogens with zero attached hydrogens (tertiary/aromatic N) is 4. The van der Waals surface area contributed by atoms with Gasteiger partial charge in [0.2, 0.25) is 5.91 Å². The maximum Gasteiger partial charge on any atom is 0.220 e. The first-order chi connectivity index (χ1) is 14.6. The Bertz CT molecular complexity index is 1070. The van der Waals surface area contributed by atoms with Crippen LogP contribution >= 0.6 is 11.6 Å². The third-order valence-corrected chi connectivity index (χ3v) is 6.60. The quantitative estimate of drug-likeness (QED) is 0.596. The van der Waals surface area contributed by atoms with Crippen LogP contribution in [-0.4, -0.2) is 53.6 Å². The van der Waals surface area contributed by atoms with E-state index in [1.807, 2.05) is 23.1 Å². The van der Waals surface area contributed by atoms with Crippen LogP contribution in [-0.2, 0) is 17.9 Å².